The maximum Gasteiger partial charge on any atom is 0.126 e. The molecule has 1 fully saturated rings. The second-order valence-electron chi connectivity index (χ2n) is 6.02. The lowest BCUT2D eigenvalue weighted by molar-refractivity contribution is 0.176. The molecule has 0 saturated heterocycles. The van der Waals surface area contributed by atoms with Gasteiger partial charge in [-0.25, -0.2) is 8.78 Å². The molecule has 0 radical (unpaired) electrons. The van der Waals surface area contributed by atoms with Gasteiger partial charge in [-0.3, -0.25) is 11.3 Å². The van der Waals surface area contributed by atoms with Gasteiger partial charge in [-0.15, -0.1) is 0 Å². The normalized spacial score (nSPS) is 29.2. The second-order valence-corrected chi connectivity index (χ2v) is 6.02. The molecule has 0 amide bonds. The Morgan fingerprint density at radius 2 is 1.58 bits per heavy atom. The van der Waals surface area contributed by atoms with E-state index in [-0.39, 0.29) is 6.04 Å². The van der Waals surface area contributed by atoms with Crippen LogP contribution in [-0.4, -0.2) is 0 Å². The average molecular weight is 268 g/mol. The fourth-order valence-electron chi connectivity index (χ4n) is 3.54. The highest BCUT2D eigenvalue weighted by molar-refractivity contribution is 5.22. The highest BCUT2D eigenvalue weighted by Gasteiger charge is 2.30. The number of halogens is 2. The number of hydrogen-bond donors (Lipinski definition) is 2. The van der Waals surface area contributed by atoms with Crippen LogP contribution in [0.1, 0.15) is 44.7 Å². The van der Waals surface area contributed by atoms with Crippen molar-refractivity contribution in [1.82, 2.24) is 5.43 Å². The topological polar surface area (TPSA) is 38.0 Å². The summed E-state index contributed by atoms with van der Waals surface area (Å²) in [5, 5.41) is 0. The highest BCUT2D eigenvalue weighted by atomic mass is 19.1. The Morgan fingerprint density at radius 3 is 2.05 bits per heavy atom. The maximum absolute atomic E-state index is 13.3. The van der Waals surface area contributed by atoms with E-state index in [2.05, 4.69) is 19.3 Å². The van der Waals surface area contributed by atoms with Crippen LogP contribution in [0.15, 0.2) is 18.2 Å². The summed E-state index contributed by atoms with van der Waals surface area (Å²) in [7, 11) is 0. The van der Waals surface area contributed by atoms with E-state index in [1.54, 1.807) is 0 Å². The van der Waals surface area contributed by atoms with Crippen LogP contribution in [0.25, 0.3) is 0 Å². The summed E-state index contributed by atoms with van der Waals surface area (Å²) in [6, 6.07) is 3.45. The summed E-state index contributed by atoms with van der Waals surface area (Å²) < 4.78 is 26.7. The Labute approximate surface area is 113 Å². The van der Waals surface area contributed by atoms with Crippen molar-refractivity contribution in [2.75, 3.05) is 0 Å². The predicted octanol–water partition coefficient (Wildman–Crippen LogP) is 3.54. The van der Waals surface area contributed by atoms with Gasteiger partial charge in [-0.05, 0) is 54.7 Å². The number of nitrogens with two attached hydrogens (primary N) is 1. The lowest BCUT2D eigenvalue weighted by Gasteiger charge is -2.36. The van der Waals surface area contributed by atoms with Gasteiger partial charge in [0.05, 0.1) is 0 Å². The minimum Gasteiger partial charge on any atom is -0.271 e. The number of hydrazine groups is 1. The molecule has 0 aromatic heterocycles. The molecule has 1 aliphatic carbocycles. The largest absolute Gasteiger partial charge is 0.271 e. The van der Waals surface area contributed by atoms with E-state index >= 15 is 0 Å². The van der Waals surface area contributed by atoms with Crippen molar-refractivity contribution in [1.29, 1.82) is 0 Å². The van der Waals surface area contributed by atoms with Gasteiger partial charge in [0.25, 0.3) is 0 Å². The third-order valence-corrected chi connectivity index (χ3v) is 4.11. The summed E-state index contributed by atoms with van der Waals surface area (Å²) >= 11 is 0. The van der Waals surface area contributed by atoms with Crippen molar-refractivity contribution in [3.63, 3.8) is 0 Å². The maximum atomic E-state index is 13.3. The zero-order valence-corrected chi connectivity index (χ0v) is 11.5. The van der Waals surface area contributed by atoms with Crippen LogP contribution in [-0.2, 0) is 0 Å². The molecule has 19 heavy (non-hydrogen) atoms. The SMILES string of the molecule is CC1CC(C)CC(C(NN)c2cc(F)cc(F)c2)C1. The van der Waals surface area contributed by atoms with Crippen molar-refractivity contribution in [2.24, 2.45) is 23.6 Å². The Morgan fingerprint density at radius 1 is 1.05 bits per heavy atom. The van der Waals surface area contributed by atoms with Crippen molar-refractivity contribution in [2.45, 2.75) is 39.2 Å². The predicted molar refractivity (Wildman–Crippen MR) is 72.1 cm³/mol. The van der Waals surface area contributed by atoms with Crippen LogP contribution in [0.5, 0.6) is 0 Å². The summed E-state index contributed by atoms with van der Waals surface area (Å²) in [6.07, 6.45) is 3.29. The zero-order valence-electron chi connectivity index (χ0n) is 11.5. The van der Waals surface area contributed by atoms with E-state index < -0.39 is 11.6 Å². The lowest BCUT2D eigenvalue weighted by Crippen LogP contribution is -2.37. The highest BCUT2D eigenvalue weighted by Crippen LogP contribution is 2.39. The monoisotopic (exact) mass is 268 g/mol. The van der Waals surface area contributed by atoms with Gasteiger partial charge in [0.2, 0.25) is 0 Å². The molecule has 1 aliphatic rings. The van der Waals surface area contributed by atoms with Crippen LogP contribution >= 0.6 is 0 Å². The number of rotatable bonds is 3. The molecule has 0 aliphatic heterocycles. The number of nitrogens with one attached hydrogen (secondary N) is 1. The molecule has 0 spiro atoms. The van der Waals surface area contributed by atoms with Gasteiger partial charge in [-0.1, -0.05) is 13.8 Å². The van der Waals surface area contributed by atoms with Gasteiger partial charge in [0.1, 0.15) is 11.6 Å². The standard InChI is InChI=1S/C15H22F2N2/c1-9-3-10(2)5-11(4-9)15(19-18)12-6-13(16)8-14(17)7-12/h6-11,15,19H,3-5,18H2,1-2H3. The fourth-order valence-corrected chi connectivity index (χ4v) is 3.54. The van der Waals surface area contributed by atoms with Crippen molar-refractivity contribution >= 4 is 0 Å². The lowest BCUT2D eigenvalue weighted by atomic mass is 9.72. The first-order valence-corrected chi connectivity index (χ1v) is 6.91. The molecule has 1 aromatic carbocycles. The molecule has 2 nitrogen and oxygen atoms in total. The minimum absolute atomic E-state index is 0.185. The van der Waals surface area contributed by atoms with Gasteiger partial charge in [0.15, 0.2) is 0 Å². The van der Waals surface area contributed by atoms with E-state index in [1.807, 2.05) is 0 Å². The van der Waals surface area contributed by atoms with Gasteiger partial charge >= 0.3 is 0 Å². The quantitative estimate of drug-likeness (QED) is 0.650. The van der Waals surface area contributed by atoms with Crippen molar-refractivity contribution in [3.8, 4) is 0 Å². The molecule has 3 unspecified atom stereocenters. The molecular weight excluding hydrogens is 246 g/mol. The number of benzene rings is 1. The van der Waals surface area contributed by atoms with Crippen LogP contribution < -0.4 is 11.3 Å². The van der Waals surface area contributed by atoms with E-state index in [0.29, 0.717) is 23.3 Å². The van der Waals surface area contributed by atoms with E-state index in [4.69, 9.17) is 5.84 Å². The van der Waals surface area contributed by atoms with Gasteiger partial charge in [-0.2, -0.15) is 0 Å². The Bertz CT molecular complexity index is 406. The molecule has 2 rings (SSSR count). The Kier molecular flexibility index (Phi) is 4.53. The third kappa shape index (κ3) is 3.51. The molecule has 1 saturated carbocycles. The molecule has 0 bridgehead atoms. The molecule has 4 heteroatoms. The molecule has 3 atom stereocenters. The van der Waals surface area contributed by atoms with E-state index in [1.165, 1.54) is 18.6 Å². The average Bonchev–Trinajstić information content (AvgIpc) is 2.27. The summed E-state index contributed by atoms with van der Waals surface area (Å²) in [6.45, 7) is 4.45. The zero-order chi connectivity index (χ0) is 14.0. The molecule has 1 aromatic rings. The van der Waals surface area contributed by atoms with Crippen LogP contribution in [0.4, 0.5) is 8.78 Å². The van der Waals surface area contributed by atoms with Gasteiger partial charge < -0.3 is 0 Å². The smallest absolute Gasteiger partial charge is 0.126 e. The number of hydrogen-bond acceptors (Lipinski definition) is 2. The first kappa shape index (κ1) is 14.4. The van der Waals surface area contributed by atoms with Crippen molar-refractivity contribution in [3.05, 3.63) is 35.4 Å². The molecule has 106 valence electrons. The first-order chi connectivity index (χ1) is 8.99. The fraction of sp³-hybridized carbons (Fsp3) is 0.600. The Hall–Kier alpha value is -1.00. The first-order valence-electron chi connectivity index (χ1n) is 6.91. The minimum atomic E-state index is -0.549. The summed E-state index contributed by atoms with van der Waals surface area (Å²) in [5.41, 5.74) is 3.35. The van der Waals surface area contributed by atoms with Crippen molar-refractivity contribution < 1.29 is 8.78 Å². The molecule has 3 N–H and O–H groups in total. The van der Waals surface area contributed by atoms with E-state index in [9.17, 15) is 8.78 Å². The second kappa shape index (κ2) is 5.97. The van der Waals surface area contributed by atoms with Gasteiger partial charge in [0, 0.05) is 12.1 Å². The molecular formula is C15H22F2N2. The third-order valence-electron chi connectivity index (χ3n) is 4.11. The van der Waals surface area contributed by atoms with Crippen LogP contribution in [0.3, 0.4) is 0 Å². The summed E-state index contributed by atoms with van der Waals surface area (Å²) in [5.74, 6) is 6.11. The van der Waals surface area contributed by atoms with Crippen LogP contribution in [0.2, 0.25) is 0 Å². The summed E-state index contributed by atoms with van der Waals surface area (Å²) in [4.78, 5) is 0. The Balaban J connectivity index is 2.23. The van der Waals surface area contributed by atoms with Crippen LogP contribution in [0, 0.1) is 29.4 Å². The van der Waals surface area contributed by atoms with E-state index in [0.717, 1.165) is 18.9 Å². The molecule has 0 heterocycles.